The van der Waals surface area contributed by atoms with Gasteiger partial charge in [0.15, 0.2) is 5.82 Å². The van der Waals surface area contributed by atoms with Crippen molar-refractivity contribution in [2.24, 2.45) is 5.84 Å². The lowest BCUT2D eigenvalue weighted by molar-refractivity contribution is 0.128. The number of nitrogens with one attached hydrogen (secondary N) is 1. The van der Waals surface area contributed by atoms with E-state index >= 15 is 0 Å². The number of rotatable bonds is 7. The third-order valence-corrected chi connectivity index (χ3v) is 3.75. The van der Waals surface area contributed by atoms with Crippen molar-refractivity contribution in [1.29, 1.82) is 0 Å². The summed E-state index contributed by atoms with van der Waals surface area (Å²) in [5, 5.41) is 13.2. The van der Waals surface area contributed by atoms with Crippen LogP contribution >= 0.6 is 11.8 Å². The summed E-state index contributed by atoms with van der Waals surface area (Å²) in [6.45, 7) is 2.86. The molecule has 3 rings (SSSR count). The Morgan fingerprint density at radius 1 is 1.48 bits per heavy atom. The van der Waals surface area contributed by atoms with Gasteiger partial charge >= 0.3 is 0 Å². The Hall–Kier alpha value is -1.78. The fourth-order valence-corrected chi connectivity index (χ4v) is 2.62. The number of aromatic nitrogens is 6. The van der Waals surface area contributed by atoms with Crippen molar-refractivity contribution in [3.63, 3.8) is 0 Å². The number of ether oxygens (including phenoxy) is 1. The maximum atomic E-state index is 5.44. The Morgan fingerprint density at radius 2 is 2.33 bits per heavy atom. The highest BCUT2D eigenvalue weighted by Gasteiger charge is 2.28. The molecule has 0 radical (unpaired) electrons. The van der Waals surface area contributed by atoms with Gasteiger partial charge in [0, 0.05) is 12.7 Å². The highest BCUT2D eigenvalue weighted by Crippen LogP contribution is 2.37. The number of hydrazine groups is 1. The lowest BCUT2D eigenvalue weighted by Gasteiger charge is -2.07. The van der Waals surface area contributed by atoms with Gasteiger partial charge in [-0.15, -0.1) is 5.10 Å². The van der Waals surface area contributed by atoms with Gasteiger partial charge in [0.2, 0.25) is 5.16 Å². The van der Waals surface area contributed by atoms with Crippen molar-refractivity contribution >= 4 is 17.6 Å². The third kappa shape index (κ3) is 3.46. The summed E-state index contributed by atoms with van der Waals surface area (Å²) < 4.78 is 7.17. The molecule has 9 nitrogen and oxygen atoms in total. The molecular weight excluding hydrogens is 292 g/mol. The molecule has 1 fully saturated rings. The summed E-state index contributed by atoms with van der Waals surface area (Å²) >= 11 is 1.39. The molecule has 0 aromatic carbocycles. The number of hydrogen-bond acceptors (Lipinski definition) is 9. The van der Waals surface area contributed by atoms with Crippen molar-refractivity contribution in [2.75, 3.05) is 12.0 Å². The number of nitrogens with two attached hydrogens (primary N) is 1. The van der Waals surface area contributed by atoms with Crippen LogP contribution in [-0.4, -0.2) is 36.8 Å². The van der Waals surface area contributed by atoms with E-state index in [0.29, 0.717) is 30.9 Å². The molecular formula is C11H16N8OS. The normalized spacial score (nSPS) is 14.4. The predicted octanol–water partition coefficient (Wildman–Crippen LogP) is 0.771. The Kier molecular flexibility index (Phi) is 4.27. The molecule has 1 aliphatic rings. The predicted molar refractivity (Wildman–Crippen MR) is 75.4 cm³/mol. The molecule has 0 spiro atoms. The molecule has 0 bridgehead atoms. The van der Waals surface area contributed by atoms with Crippen molar-refractivity contribution < 1.29 is 4.74 Å². The van der Waals surface area contributed by atoms with Crippen molar-refractivity contribution in [3.8, 4) is 0 Å². The van der Waals surface area contributed by atoms with Crippen LogP contribution in [0.15, 0.2) is 16.2 Å². The minimum Gasteiger partial charge on any atom is -0.374 e. The molecule has 0 amide bonds. The van der Waals surface area contributed by atoms with Crippen LogP contribution in [0.3, 0.4) is 0 Å². The van der Waals surface area contributed by atoms with Crippen LogP contribution in [0.25, 0.3) is 0 Å². The first-order chi connectivity index (χ1) is 10.3. The molecule has 10 heteroatoms. The standard InChI is InChI=1S/C11H16N8OS/c1-2-20-6-9-13-8(15-12)5-10(14-9)21-11-16-17-18-19(11)7-3-4-7/h5,7H,2-4,6,12H2,1H3,(H,13,14,15). The second-order valence-corrected chi connectivity index (χ2v) is 5.52. The molecule has 2 aromatic heterocycles. The van der Waals surface area contributed by atoms with E-state index in [1.807, 2.05) is 11.6 Å². The Balaban J connectivity index is 1.81. The molecule has 0 saturated heterocycles. The minimum absolute atomic E-state index is 0.340. The van der Waals surface area contributed by atoms with Gasteiger partial charge in [-0.3, -0.25) is 0 Å². The van der Waals surface area contributed by atoms with Gasteiger partial charge in [-0.05, 0) is 42.0 Å². The summed E-state index contributed by atoms with van der Waals surface area (Å²) in [5.74, 6) is 6.55. The molecule has 0 atom stereocenters. The van der Waals surface area contributed by atoms with Crippen molar-refractivity contribution in [3.05, 3.63) is 11.9 Å². The Bertz CT molecular complexity index is 614. The minimum atomic E-state index is 0.340. The van der Waals surface area contributed by atoms with Gasteiger partial charge in [-0.25, -0.2) is 20.5 Å². The second kappa shape index (κ2) is 6.33. The lowest BCUT2D eigenvalue weighted by Crippen LogP contribution is -2.11. The smallest absolute Gasteiger partial charge is 0.215 e. The summed E-state index contributed by atoms with van der Waals surface area (Å²) in [5.41, 5.74) is 2.54. The first-order valence-corrected chi connectivity index (χ1v) is 7.50. The van der Waals surface area contributed by atoms with Crippen LogP contribution in [0.1, 0.15) is 31.6 Å². The van der Waals surface area contributed by atoms with E-state index in [2.05, 4.69) is 30.9 Å². The molecule has 0 aliphatic heterocycles. The Labute approximate surface area is 125 Å². The van der Waals surface area contributed by atoms with E-state index < -0.39 is 0 Å². The van der Waals surface area contributed by atoms with Gasteiger partial charge in [-0.2, -0.15) is 0 Å². The maximum absolute atomic E-state index is 5.44. The van der Waals surface area contributed by atoms with Gasteiger partial charge in [0.25, 0.3) is 0 Å². The number of anilines is 1. The fraction of sp³-hybridized carbons (Fsp3) is 0.545. The molecule has 2 aromatic rings. The topological polar surface area (TPSA) is 117 Å². The monoisotopic (exact) mass is 308 g/mol. The van der Waals surface area contributed by atoms with Crippen LogP contribution in [-0.2, 0) is 11.3 Å². The van der Waals surface area contributed by atoms with Crippen LogP contribution < -0.4 is 11.3 Å². The molecule has 1 aliphatic carbocycles. The second-order valence-electron chi connectivity index (χ2n) is 4.53. The number of hydrogen-bond donors (Lipinski definition) is 2. The zero-order chi connectivity index (χ0) is 14.7. The summed E-state index contributed by atoms with van der Waals surface area (Å²) in [6.07, 6.45) is 2.24. The van der Waals surface area contributed by atoms with Crippen molar-refractivity contribution in [1.82, 2.24) is 30.2 Å². The highest BCUT2D eigenvalue weighted by molar-refractivity contribution is 7.99. The number of nitrogen functional groups attached to an aromatic ring is 1. The molecule has 2 heterocycles. The van der Waals surface area contributed by atoms with E-state index in [4.69, 9.17) is 10.6 Å². The summed E-state index contributed by atoms with van der Waals surface area (Å²) in [7, 11) is 0. The fourth-order valence-electron chi connectivity index (χ4n) is 1.75. The first kappa shape index (κ1) is 14.2. The van der Waals surface area contributed by atoms with Gasteiger partial charge in [0.1, 0.15) is 17.5 Å². The van der Waals surface area contributed by atoms with Gasteiger partial charge in [-0.1, -0.05) is 0 Å². The number of tetrazole rings is 1. The zero-order valence-electron chi connectivity index (χ0n) is 11.6. The molecule has 3 N–H and O–H groups in total. The SMILES string of the molecule is CCOCc1nc(NN)cc(Sc2nnnn2C2CC2)n1. The van der Waals surface area contributed by atoms with Crippen LogP contribution in [0.2, 0.25) is 0 Å². The maximum Gasteiger partial charge on any atom is 0.215 e. The highest BCUT2D eigenvalue weighted by atomic mass is 32.2. The van der Waals surface area contributed by atoms with Crippen LogP contribution in [0.4, 0.5) is 5.82 Å². The quantitative estimate of drug-likeness (QED) is 0.434. The third-order valence-electron chi connectivity index (χ3n) is 2.88. The van der Waals surface area contributed by atoms with E-state index in [1.165, 1.54) is 11.8 Å². The van der Waals surface area contributed by atoms with Gasteiger partial charge < -0.3 is 10.2 Å². The zero-order valence-corrected chi connectivity index (χ0v) is 12.4. The van der Waals surface area contributed by atoms with E-state index in [1.54, 1.807) is 6.07 Å². The molecule has 21 heavy (non-hydrogen) atoms. The molecule has 112 valence electrons. The van der Waals surface area contributed by atoms with Crippen LogP contribution in [0, 0.1) is 0 Å². The van der Waals surface area contributed by atoms with E-state index in [-0.39, 0.29) is 0 Å². The lowest BCUT2D eigenvalue weighted by atomic mass is 10.5. The molecule has 1 saturated carbocycles. The Morgan fingerprint density at radius 3 is 3.05 bits per heavy atom. The van der Waals surface area contributed by atoms with Gasteiger partial charge in [0.05, 0.1) is 6.04 Å². The van der Waals surface area contributed by atoms with Crippen LogP contribution in [0.5, 0.6) is 0 Å². The number of nitrogens with zero attached hydrogens (tertiary/aromatic N) is 6. The van der Waals surface area contributed by atoms with E-state index in [0.717, 1.165) is 23.0 Å². The van der Waals surface area contributed by atoms with Crippen molar-refractivity contribution in [2.45, 2.75) is 42.6 Å². The molecule has 0 unspecified atom stereocenters. The summed E-state index contributed by atoms with van der Waals surface area (Å²) in [6, 6.07) is 2.17. The van der Waals surface area contributed by atoms with E-state index in [9.17, 15) is 0 Å². The summed E-state index contributed by atoms with van der Waals surface area (Å²) in [4.78, 5) is 8.68. The first-order valence-electron chi connectivity index (χ1n) is 6.68. The average molecular weight is 308 g/mol. The average Bonchev–Trinajstić information content (AvgIpc) is 3.25. The largest absolute Gasteiger partial charge is 0.374 e.